The molecule has 0 heterocycles. The Hall–Kier alpha value is -1.91. The lowest BCUT2D eigenvalue weighted by molar-refractivity contribution is 0.134. The van der Waals surface area contributed by atoms with Crippen molar-refractivity contribution in [2.75, 3.05) is 20.7 Å². The molecule has 0 aromatic heterocycles. The Morgan fingerprint density at radius 1 is 1.38 bits per heavy atom. The number of nitrogens with zero attached hydrogens (tertiary/aromatic N) is 2. The van der Waals surface area contributed by atoms with Gasteiger partial charge in [0.1, 0.15) is 5.69 Å². The lowest BCUT2D eigenvalue weighted by Crippen LogP contribution is -2.28. The van der Waals surface area contributed by atoms with Crippen LogP contribution in [-0.2, 0) is 11.2 Å². The van der Waals surface area contributed by atoms with E-state index in [2.05, 4.69) is 9.91 Å². The summed E-state index contributed by atoms with van der Waals surface area (Å²) in [6, 6.07) is 6.95. The van der Waals surface area contributed by atoms with Crippen LogP contribution in [0.4, 0.5) is 10.5 Å². The molecule has 0 fully saturated rings. The van der Waals surface area contributed by atoms with Gasteiger partial charge in [0.25, 0.3) is 0 Å². The smallest absolute Gasteiger partial charge is 0.409 e. The predicted octanol–water partition coefficient (Wildman–Crippen LogP) is 2.33. The van der Waals surface area contributed by atoms with Gasteiger partial charge in [-0.2, -0.15) is 0 Å². The number of carbonyl (C=O) groups is 1. The van der Waals surface area contributed by atoms with E-state index in [1.54, 1.807) is 19.2 Å². The normalized spacial score (nSPS) is 9.62. The molecule has 5 nitrogen and oxygen atoms in total. The van der Waals surface area contributed by atoms with Crippen LogP contribution in [-0.4, -0.2) is 31.7 Å². The summed E-state index contributed by atoms with van der Waals surface area (Å²) in [6.07, 6.45) is 0.358. The predicted molar refractivity (Wildman–Crippen MR) is 60.6 cm³/mol. The highest BCUT2D eigenvalue weighted by atomic mass is 16.5. The molecule has 5 heteroatoms. The van der Waals surface area contributed by atoms with Crippen molar-refractivity contribution in [1.82, 2.24) is 4.90 Å². The summed E-state index contributed by atoms with van der Waals surface area (Å²) in [7, 11) is 3.02. The van der Waals surface area contributed by atoms with Crippen molar-refractivity contribution in [2.45, 2.75) is 6.42 Å². The topological polar surface area (TPSA) is 59.0 Å². The SMILES string of the molecule is COC(=O)N(C)CCc1ccc(N=O)cc1. The molecule has 1 aromatic rings. The second-order valence-electron chi connectivity index (χ2n) is 3.40. The first kappa shape index (κ1) is 12.2. The van der Waals surface area contributed by atoms with E-state index in [4.69, 9.17) is 0 Å². The molecule has 0 aliphatic heterocycles. The molecule has 0 aliphatic carbocycles. The van der Waals surface area contributed by atoms with Gasteiger partial charge in [0.05, 0.1) is 7.11 Å². The van der Waals surface area contributed by atoms with Crippen molar-refractivity contribution in [3.8, 4) is 0 Å². The Balaban J connectivity index is 2.48. The van der Waals surface area contributed by atoms with Gasteiger partial charge in [-0.05, 0) is 29.3 Å². The van der Waals surface area contributed by atoms with Crippen molar-refractivity contribution in [3.05, 3.63) is 34.7 Å². The molecular formula is C11H14N2O3. The van der Waals surface area contributed by atoms with Crippen LogP contribution >= 0.6 is 0 Å². The van der Waals surface area contributed by atoms with E-state index >= 15 is 0 Å². The summed E-state index contributed by atoms with van der Waals surface area (Å²) in [4.78, 5) is 22.8. The van der Waals surface area contributed by atoms with E-state index < -0.39 is 0 Å². The van der Waals surface area contributed by atoms with Crippen LogP contribution in [0.5, 0.6) is 0 Å². The number of hydrogen-bond acceptors (Lipinski definition) is 4. The maximum atomic E-state index is 11.1. The summed E-state index contributed by atoms with van der Waals surface area (Å²) in [6.45, 7) is 0.570. The fraction of sp³-hybridized carbons (Fsp3) is 0.364. The first-order chi connectivity index (χ1) is 7.67. The largest absolute Gasteiger partial charge is 0.453 e. The molecule has 0 atom stereocenters. The van der Waals surface area contributed by atoms with Gasteiger partial charge in [-0.3, -0.25) is 0 Å². The minimum absolute atomic E-state index is 0.355. The Morgan fingerprint density at radius 2 is 2.00 bits per heavy atom. The van der Waals surface area contributed by atoms with Crippen LogP contribution in [0.15, 0.2) is 29.4 Å². The number of benzene rings is 1. The zero-order valence-corrected chi connectivity index (χ0v) is 9.34. The minimum Gasteiger partial charge on any atom is -0.453 e. The summed E-state index contributed by atoms with van der Waals surface area (Å²) < 4.78 is 4.57. The van der Waals surface area contributed by atoms with E-state index in [1.807, 2.05) is 12.1 Å². The number of nitroso groups, excluding NO2 is 1. The van der Waals surface area contributed by atoms with Crippen molar-refractivity contribution in [3.63, 3.8) is 0 Å². The molecule has 0 bridgehead atoms. The van der Waals surface area contributed by atoms with E-state index in [9.17, 15) is 9.70 Å². The molecule has 1 rings (SSSR count). The Kier molecular flexibility index (Phi) is 4.44. The fourth-order valence-electron chi connectivity index (χ4n) is 1.27. The minimum atomic E-state index is -0.355. The highest BCUT2D eigenvalue weighted by molar-refractivity contribution is 5.66. The number of carbonyl (C=O) groups excluding carboxylic acids is 1. The zero-order chi connectivity index (χ0) is 12.0. The van der Waals surface area contributed by atoms with Crippen LogP contribution < -0.4 is 0 Å². The molecule has 0 unspecified atom stereocenters. The summed E-state index contributed by atoms with van der Waals surface area (Å²) in [5.41, 5.74) is 1.45. The number of ether oxygens (including phenoxy) is 1. The van der Waals surface area contributed by atoms with Crippen LogP contribution in [0.3, 0.4) is 0 Å². The average molecular weight is 222 g/mol. The number of likely N-dealkylation sites (N-methyl/N-ethyl adjacent to an activating group) is 1. The number of amides is 1. The van der Waals surface area contributed by atoms with Crippen molar-refractivity contribution in [1.29, 1.82) is 0 Å². The van der Waals surface area contributed by atoms with E-state index in [-0.39, 0.29) is 6.09 Å². The third-order valence-corrected chi connectivity index (χ3v) is 2.26. The second-order valence-corrected chi connectivity index (χ2v) is 3.40. The van der Waals surface area contributed by atoms with Crippen molar-refractivity contribution < 1.29 is 9.53 Å². The zero-order valence-electron chi connectivity index (χ0n) is 9.34. The van der Waals surface area contributed by atoms with Gasteiger partial charge in [-0.1, -0.05) is 12.1 Å². The van der Waals surface area contributed by atoms with Gasteiger partial charge in [-0.15, -0.1) is 4.91 Å². The third-order valence-electron chi connectivity index (χ3n) is 2.26. The average Bonchev–Trinajstić information content (AvgIpc) is 2.35. The molecule has 86 valence electrons. The summed E-state index contributed by atoms with van der Waals surface area (Å²) in [5.74, 6) is 0. The lowest BCUT2D eigenvalue weighted by atomic mass is 10.1. The summed E-state index contributed by atoms with van der Waals surface area (Å²) >= 11 is 0. The van der Waals surface area contributed by atoms with Crippen LogP contribution in [0.2, 0.25) is 0 Å². The molecule has 0 N–H and O–H groups in total. The molecule has 1 aromatic carbocycles. The number of rotatable bonds is 4. The number of hydrogen-bond donors (Lipinski definition) is 0. The Labute approximate surface area is 94.0 Å². The molecule has 0 saturated carbocycles. The summed E-state index contributed by atoms with van der Waals surface area (Å²) in [5, 5.41) is 2.81. The highest BCUT2D eigenvalue weighted by Gasteiger charge is 2.07. The van der Waals surface area contributed by atoms with Crippen molar-refractivity contribution in [2.24, 2.45) is 5.18 Å². The van der Waals surface area contributed by atoms with Gasteiger partial charge in [0.15, 0.2) is 0 Å². The van der Waals surface area contributed by atoms with Gasteiger partial charge < -0.3 is 9.64 Å². The Bertz CT molecular complexity index is 362. The highest BCUT2D eigenvalue weighted by Crippen LogP contribution is 2.12. The fourth-order valence-corrected chi connectivity index (χ4v) is 1.27. The van der Waals surface area contributed by atoms with Crippen LogP contribution in [0.25, 0.3) is 0 Å². The molecular weight excluding hydrogens is 208 g/mol. The van der Waals surface area contributed by atoms with E-state index in [0.29, 0.717) is 18.7 Å². The molecule has 0 spiro atoms. The van der Waals surface area contributed by atoms with Gasteiger partial charge in [-0.25, -0.2) is 4.79 Å². The van der Waals surface area contributed by atoms with Gasteiger partial charge in [0.2, 0.25) is 0 Å². The van der Waals surface area contributed by atoms with Crippen LogP contribution in [0.1, 0.15) is 5.56 Å². The van der Waals surface area contributed by atoms with Crippen LogP contribution in [0, 0.1) is 4.91 Å². The van der Waals surface area contributed by atoms with E-state index in [0.717, 1.165) is 5.56 Å². The van der Waals surface area contributed by atoms with E-state index in [1.165, 1.54) is 12.0 Å². The maximum Gasteiger partial charge on any atom is 0.409 e. The Morgan fingerprint density at radius 3 is 2.50 bits per heavy atom. The van der Waals surface area contributed by atoms with Gasteiger partial charge in [0, 0.05) is 13.6 Å². The number of methoxy groups -OCH3 is 1. The monoisotopic (exact) mass is 222 g/mol. The maximum absolute atomic E-state index is 11.1. The molecule has 1 amide bonds. The molecule has 16 heavy (non-hydrogen) atoms. The standard InChI is InChI=1S/C11H14N2O3/c1-13(11(14)16-2)8-7-9-3-5-10(12-15)6-4-9/h3-6H,7-8H2,1-2H3. The van der Waals surface area contributed by atoms with Gasteiger partial charge >= 0.3 is 6.09 Å². The first-order valence-corrected chi connectivity index (χ1v) is 4.88. The molecule has 0 saturated heterocycles. The molecule has 0 radical (unpaired) electrons. The van der Waals surface area contributed by atoms with Crippen molar-refractivity contribution >= 4 is 11.8 Å². The second kappa shape index (κ2) is 5.85. The lowest BCUT2D eigenvalue weighted by Gasteiger charge is -2.14. The third kappa shape index (κ3) is 3.34. The quantitative estimate of drug-likeness (QED) is 0.734. The molecule has 0 aliphatic rings. The first-order valence-electron chi connectivity index (χ1n) is 4.88.